The largest absolute Gasteiger partial charge is 0.418 e. The molecule has 0 saturated carbocycles. The predicted molar refractivity (Wildman–Crippen MR) is 117 cm³/mol. The third-order valence-corrected chi connectivity index (χ3v) is 5.61. The van der Waals surface area contributed by atoms with Crippen molar-refractivity contribution in [2.75, 3.05) is 0 Å². The fourth-order valence-corrected chi connectivity index (χ4v) is 3.94. The highest BCUT2D eigenvalue weighted by molar-refractivity contribution is 6.31. The molecule has 3 aromatic carbocycles. The van der Waals surface area contributed by atoms with Crippen molar-refractivity contribution in [2.45, 2.75) is 26.3 Å². The maximum absolute atomic E-state index is 13.6. The molecule has 9 heteroatoms. The Morgan fingerprint density at radius 2 is 1.64 bits per heavy atom. The number of aliphatic hydroxyl groups is 2. The van der Waals surface area contributed by atoms with Crippen LogP contribution in [0.25, 0.3) is 34.0 Å². The van der Waals surface area contributed by atoms with Crippen LogP contribution in [0.1, 0.15) is 22.3 Å². The molecule has 4 rings (SSSR count). The summed E-state index contributed by atoms with van der Waals surface area (Å²) in [5.74, 6) is 0.471. The van der Waals surface area contributed by atoms with Gasteiger partial charge >= 0.3 is 6.18 Å². The molecule has 0 bridgehead atoms. The molecule has 0 radical (unpaired) electrons. The van der Waals surface area contributed by atoms with Crippen LogP contribution in [0.3, 0.4) is 0 Å². The average molecular weight is 475 g/mol. The smallest absolute Gasteiger partial charge is 0.392 e. The van der Waals surface area contributed by atoms with E-state index in [-0.39, 0.29) is 35.5 Å². The minimum Gasteiger partial charge on any atom is -0.392 e. The molecule has 1 heterocycles. The molecule has 0 fully saturated rings. The van der Waals surface area contributed by atoms with Crippen molar-refractivity contribution in [1.29, 1.82) is 0 Å². The highest BCUT2D eigenvalue weighted by Gasteiger charge is 2.36. The minimum absolute atomic E-state index is 0.00854. The monoisotopic (exact) mass is 474 g/mol. The molecule has 0 aliphatic heterocycles. The molecule has 0 aliphatic rings. The minimum atomic E-state index is -4.60. The van der Waals surface area contributed by atoms with Crippen molar-refractivity contribution >= 4 is 11.6 Å². The first-order valence-electron chi connectivity index (χ1n) is 9.87. The molecule has 0 saturated heterocycles. The molecule has 0 unspecified atom stereocenters. The molecule has 4 aromatic rings. The average Bonchev–Trinajstić information content (AvgIpc) is 3.28. The summed E-state index contributed by atoms with van der Waals surface area (Å²) in [6, 6.07) is 13.9. The van der Waals surface area contributed by atoms with E-state index in [0.29, 0.717) is 33.4 Å². The van der Waals surface area contributed by atoms with Gasteiger partial charge in [0.25, 0.3) is 5.89 Å². The van der Waals surface area contributed by atoms with Crippen LogP contribution in [0.2, 0.25) is 5.02 Å². The van der Waals surface area contributed by atoms with Gasteiger partial charge in [0.1, 0.15) is 0 Å². The maximum atomic E-state index is 13.6. The van der Waals surface area contributed by atoms with Gasteiger partial charge in [-0.15, -0.1) is 0 Å². The molecule has 5 nitrogen and oxygen atoms in total. The number of halogens is 4. The molecule has 0 spiro atoms. The maximum Gasteiger partial charge on any atom is 0.418 e. The fraction of sp³-hybridized carbons (Fsp3) is 0.167. The molecule has 170 valence electrons. The van der Waals surface area contributed by atoms with Gasteiger partial charge in [-0.05, 0) is 59.0 Å². The standard InChI is InChI=1S/C24H18ClF3N2O3/c1-13-9-15(7-8-18(13)19-3-2-4-20(25)21(19)24(26,27)28)23-29-22(30-33-23)14-5-6-16(11-31)17(10-14)12-32/h2-10,31-32H,11-12H2,1H3. The van der Waals surface area contributed by atoms with Crippen LogP contribution in [-0.2, 0) is 19.4 Å². The zero-order valence-corrected chi connectivity index (χ0v) is 18.1. The third kappa shape index (κ3) is 4.50. The third-order valence-electron chi connectivity index (χ3n) is 5.29. The van der Waals surface area contributed by atoms with Crippen molar-refractivity contribution in [3.8, 4) is 34.0 Å². The number of rotatable bonds is 5. The van der Waals surface area contributed by atoms with E-state index in [1.54, 1.807) is 43.3 Å². The van der Waals surface area contributed by atoms with Gasteiger partial charge in [0.15, 0.2) is 0 Å². The normalized spacial score (nSPS) is 11.7. The highest BCUT2D eigenvalue weighted by Crippen LogP contribution is 2.42. The Morgan fingerprint density at radius 1 is 0.909 bits per heavy atom. The van der Waals surface area contributed by atoms with Crippen molar-refractivity contribution in [2.24, 2.45) is 0 Å². The summed E-state index contributed by atoms with van der Waals surface area (Å²) in [6.07, 6.45) is -4.60. The Bertz CT molecular complexity index is 1320. The summed E-state index contributed by atoms with van der Waals surface area (Å²) in [5.41, 5.74) is 2.35. The molecule has 2 N–H and O–H groups in total. The van der Waals surface area contributed by atoms with Crippen LogP contribution < -0.4 is 0 Å². The van der Waals surface area contributed by atoms with Gasteiger partial charge in [-0.1, -0.05) is 47.1 Å². The summed E-state index contributed by atoms with van der Waals surface area (Å²) in [5, 5.41) is 22.4. The molecule has 0 atom stereocenters. The van der Waals surface area contributed by atoms with Gasteiger partial charge in [0, 0.05) is 11.1 Å². The Labute approximate surface area is 192 Å². The van der Waals surface area contributed by atoms with Crippen molar-refractivity contribution in [1.82, 2.24) is 10.1 Å². The molecular formula is C24H18ClF3N2O3. The first-order valence-corrected chi connectivity index (χ1v) is 10.3. The van der Waals surface area contributed by atoms with Gasteiger partial charge in [-0.25, -0.2) is 0 Å². The zero-order chi connectivity index (χ0) is 23.8. The molecular weight excluding hydrogens is 457 g/mol. The fourth-order valence-electron chi connectivity index (χ4n) is 3.66. The topological polar surface area (TPSA) is 79.4 Å². The highest BCUT2D eigenvalue weighted by atomic mass is 35.5. The van der Waals surface area contributed by atoms with Crippen LogP contribution in [0, 0.1) is 6.92 Å². The number of alkyl halides is 3. The summed E-state index contributed by atoms with van der Waals surface area (Å²) in [7, 11) is 0. The summed E-state index contributed by atoms with van der Waals surface area (Å²) >= 11 is 5.86. The van der Waals surface area contributed by atoms with E-state index in [1.165, 1.54) is 18.2 Å². The van der Waals surface area contributed by atoms with Crippen LogP contribution in [0.5, 0.6) is 0 Å². The van der Waals surface area contributed by atoms with E-state index < -0.39 is 11.7 Å². The van der Waals surface area contributed by atoms with E-state index >= 15 is 0 Å². The Hall–Kier alpha value is -3.20. The molecule has 1 aromatic heterocycles. The number of aryl methyl sites for hydroxylation is 1. The lowest BCUT2D eigenvalue weighted by molar-refractivity contribution is -0.137. The summed E-state index contributed by atoms with van der Waals surface area (Å²) < 4.78 is 46.1. The lowest BCUT2D eigenvalue weighted by Crippen LogP contribution is -2.08. The van der Waals surface area contributed by atoms with Crippen molar-refractivity contribution in [3.05, 3.63) is 81.9 Å². The SMILES string of the molecule is Cc1cc(-c2nc(-c3ccc(CO)c(CO)c3)no2)ccc1-c1cccc(Cl)c1C(F)(F)F. The quantitative estimate of drug-likeness (QED) is 0.369. The van der Waals surface area contributed by atoms with Gasteiger partial charge in [-0.2, -0.15) is 18.2 Å². The van der Waals surface area contributed by atoms with E-state index in [9.17, 15) is 23.4 Å². The van der Waals surface area contributed by atoms with Gasteiger partial charge in [0.05, 0.1) is 23.8 Å². The van der Waals surface area contributed by atoms with Crippen molar-refractivity contribution in [3.63, 3.8) is 0 Å². The van der Waals surface area contributed by atoms with Gasteiger partial charge in [0.2, 0.25) is 5.82 Å². The molecule has 0 amide bonds. The summed E-state index contributed by atoms with van der Waals surface area (Å²) in [6.45, 7) is 1.23. The summed E-state index contributed by atoms with van der Waals surface area (Å²) in [4.78, 5) is 4.37. The van der Waals surface area contributed by atoms with E-state index in [2.05, 4.69) is 10.1 Å². The van der Waals surface area contributed by atoms with Crippen molar-refractivity contribution < 1.29 is 27.9 Å². The molecule has 33 heavy (non-hydrogen) atoms. The second-order valence-corrected chi connectivity index (χ2v) is 7.82. The van der Waals surface area contributed by atoms with Crippen LogP contribution in [-0.4, -0.2) is 20.4 Å². The number of hydrogen-bond acceptors (Lipinski definition) is 5. The first-order chi connectivity index (χ1) is 15.7. The Morgan fingerprint density at radius 3 is 2.30 bits per heavy atom. The second-order valence-electron chi connectivity index (χ2n) is 7.41. The zero-order valence-electron chi connectivity index (χ0n) is 17.3. The number of aliphatic hydroxyl groups excluding tert-OH is 2. The van der Waals surface area contributed by atoms with E-state index in [1.807, 2.05) is 0 Å². The number of benzene rings is 3. The number of nitrogens with zero attached hydrogens (tertiary/aromatic N) is 2. The Balaban J connectivity index is 1.70. The van der Waals surface area contributed by atoms with Crippen LogP contribution >= 0.6 is 11.6 Å². The van der Waals surface area contributed by atoms with Gasteiger partial charge < -0.3 is 14.7 Å². The first kappa shape index (κ1) is 23.0. The lowest BCUT2D eigenvalue weighted by atomic mass is 9.94. The second kappa shape index (κ2) is 8.97. The van der Waals surface area contributed by atoms with E-state index in [0.717, 1.165) is 0 Å². The number of hydrogen-bond donors (Lipinski definition) is 2. The predicted octanol–water partition coefficient (Wildman–Crippen LogP) is 6.04. The molecule has 0 aliphatic carbocycles. The van der Waals surface area contributed by atoms with Crippen LogP contribution in [0.15, 0.2) is 59.1 Å². The van der Waals surface area contributed by atoms with Gasteiger partial charge in [-0.3, -0.25) is 0 Å². The Kier molecular flexibility index (Phi) is 6.25. The van der Waals surface area contributed by atoms with Crippen LogP contribution in [0.4, 0.5) is 13.2 Å². The lowest BCUT2D eigenvalue weighted by Gasteiger charge is -2.16. The van der Waals surface area contributed by atoms with E-state index in [4.69, 9.17) is 16.1 Å². The number of aromatic nitrogens is 2.